The van der Waals surface area contributed by atoms with Gasteiger partial charge in [0.05, 0.1) is 6.54 Å². The molecule has 0 saturated heterocycles. The van der Waals surface area contributed by atoms with Gasteiger partial charge in [-0.2, -0.15) is 0 Å². The van der Waals surface area contributed by atoms with E-state index >= 15 is 0 Å². The molecule has 2 aromatic rings. The maximum Gasteiger partial charge on any atom is 0.267 e. The minimum Gasteiger partial charge on any atom is -0.376 e. The van der Waals surface area contributed by atoms with E-state index in [0.29, 0.717) is 22.9 Å². The number of nitrogens with two attached hydrogens (primary N) is 1. The highest BCUT2D eigenvalue weighted by Gasteiger charge is 2.33. The third-order valence-electron chi connectivity index (χ3n) is 4.95. The molecular formula is C22H27N7O3. The molecule has 0 radical (unpaired) electrons. The number of rotatable bonds is 10. The predicted molar refractivity (Wildman–Crippen MR) is 123 cm³/mol. The minimum atomic E-state index is -0.853. The second-order valence-corrected chi connectivity index (χ2v) is 7.71. The van der Waals surface area contributed by atoms with Gasteiger partial charge in [-0.05, 0) is 31.0 Å². The van der Waals surface area contributed by atoms with Crippen LogP contribution in [0.25, 0.3) is 0 Å². The van der Waals surface area contributed by atoms with Gasteiger partial charge in [0.2, 0.25) is 11.8 Å². The average molecular weight is 438 g/mol. The van der Waals surface area contributed by atoms with Gasteiger partial charge in [0.25, 0.3) is 5.91 Å². The van der Waals surface area contributed by atoms with Crippen LogP contribution in [0.3, 0.4) is 0 Å². The zero-order chi connectivity index (χ0) is 23.3. The molecule has 1 aliphatic carbocycles. The Hall–Kier alpha value is -3.95. The Kier molecular flexibility index (Phi) is 7.04. The number of pyridine rings is 1. The van der Waals surface area contributed by atoms with Gasteiger partial charge in [0.15, 0.2) is 0 Å². The Morgan fingerprint density at radius 1 is 1.12 bits per heavy atom. The van der Waals surface area contributed by atoms with Crippen LogP contribution < -0.4 is 21.3 Å². The molecule has 3 rings (SSSR count). The quantitative estimate of drug-likeness (QED) is 0.409. The summed E-state index contributed by atoms with van der Waals surface area (Å²) in [6, 6.07) is 12.0. The van der Waals surface area contributed by atoms with Gasteiger partial charge >= 0.3 is 0 Å². The molecule has 1 heterocycles. The second-order valence-electron chi connectivity index (χ2n) is 7.71. The summed E-state index contributed by atoms with van der Waals surface area (Å²) in [5.74, 6) is -0.305. The number of para-hydroxylation sites is 1. The zero-order valence-electron chi connectivity index (χ0n) is 18.1. The Morgan fingerprint density at radius 2 is 1.84 bits per heavy atom. The Balaban J connectivity index is 1.62. The van der Waals surface area contributed by atoms with Crippen molar-refractivity contribution < 1.29 is 14.4 Å². The monoisotopic (exact) mass is 437 g/mol. The topological polar surface area (TPSA) is 145 Å². The van der Waals surface area contributed by atoms with Crippen molar-refractivity contribution in [2.45, 2.75) is 18.9 Å². The molecule has 0 bridgehead atoms. The van der Waals surface area contributed by atoms with Crippen molar-refractivity contribution in [3.05, 3.63) is 48.0 Å². The number of nitrogens with zero attached hydrogens (tertiary/aromatic N) is 3. The summed E-state index contributed by atoms with van der Waals surface area (Å²) in [7, 11) is 3.72. The first-order chi connectivity index (χ1) is 15.3. The molecule has 10 heteroatoms. The van der Waals surface area contributed by atoms with E-state index in [9.17, 15) is 14.4 Å². The van der Waals surface area contributed by atoms with Gasteiger partial charge in [-0.15, -0.1) is 0 Å². The van der Waals surface area contributed by atoms with E-state index in [1.165, 1.54) is 0 Å². The number of carbonyl (C=O) groups is 3. The van der Waals surface area contributed by atoms with Gasteiger partial charge < -0.3 is 26.2 Å². The highest BCUT2D eigenvalue weighted by atomic mass is 16.2. The van der Waals surface area contributed by atoms with Crippen LogP contribution in [0, 0.1) is 5.41 Å². The number of hydrogen-bond acceptors (Lipinski definition) is 7. The molecule has 3 amide bonds. The van der Waals surface area contributed by atoms with Crippen molar-refractivity contribution in [3.63, 3.8) is 0 Å². The SMILES string of the molecule is CN(C)c1cccc(NC(=O)CN(C(=O)CNc2ccccc2C(=N)C(N)=O)C2CC2)n1. The molecule has 1 aliphatic rings. The lowest BCUT2D eigenvalue weighted by Crippen LogP contribution is -2.42. The van der Waals surface area contributed by atoms with Gasteiger partial charge in [-0.3, -0.25) is 19.8 Å². The third kappa shape index (κ3) is 5.81. The summed E-state index contributed by atoms with van der Waals surface area (Å²) in [5.41, 5.74) is 5.64. The number of primary amides is 1. The summed E-state index contributed by atoms with van der Waals surface area (Å²) in [5, 5.41) is 13.6. The van der Waals surface area contributed by atoms with Crippen LogP contribution in [0.5, 0.6) is 0 Å². The normalized spacial score (nSPS) is 12.6. The van der Waals surface area contributed by atoms with Crippen LogP contribution >= 0.6 is 0 Å². The van der Waals surface area contributed by atoms with E-state index in [-0.39, 0.29) is 36.7 Å². The van der Waals surface area contributed by atoms with Crippen molar-refractivity contribution in [1.82, 2.24) is 9.88 Å². The fraction of sp³-hybridized carbons (Fsp3) is 0.318. The maximum absolute atomic E-state index is 12.9. The molecule has 168 valence electrons. The summed E-state index contributed by atoms with van der Waals surface area (Å²) in [4.78, 5) is 44.5. The molecule has 0 unspecified atom stereocenters. The zero-order valence-corrected chi connectivity index (χ0v) is 18.1. The Morgan fingerprint density at radius 3 is 2.50 bits per heavy atom. The number of carbonyl (C=O) groups excluding carboxylic acids is 3. The fourth-order valence-electron chi connectivity index (χ4n) is 3.15. The van der Waals surface area contributed by atoms with Crippen molar-refractivity contribution in [2.75, 3.05) is 42.7 Å². The lowest BCUT2D eigenvalue weighted by molar-refractivity contribution is -0.133. The predicted octanol–water partition coefficient (Wildman–Crippen LogP) is 1.04. The standard InChI is InChI=1S/C22H27N7O3/c1-28(2)18-9-5-8-17(26-18)27-19(30)13-29(14-10-11-14)20(31)12-25-16-7-4-3-6-15(16)21(23)22(24)32/h3-9,14,23,25H,10-13H2,1-2H3,(H2,24,32)(H,26,27,30). The Bertz CT molecular complexity index is 1030. The highest BCUT2D eigenvalue weighted by Crippen LogP contribution is 2.27. The summed E-state index contributed by atoms with van der Waals surface area (Å²) in [6.07, 6.45) is 1.69. The van der Waals surface area contributed by atoms with E-state index in [4.69, 9.17) is 11.1 Å². The minimum absolute atomic E-state index is 0.0234. The molecule has 0 atom stereocenters. The van der Waals surface area contributed by atoms with Gasteiger partial charge in [-0.1, -0.05) is 24.3 Å². The van der Waals surface area contributed by atoms with Crippen LogP contribution in [-0.2, 0) is 14.4 Å². The third-order valence-corrected chi connectivity index (χ3v) is 4.95. The first-order valence-electron chi connectivity index (χ1n) is 10.2. The average Bonchev–Trinajstić information content (AvgIpc) is 3.61. The lowest BCUT2D eigenvalue weighted by atomic mass is 10.1. The molecule has 0 spiro atoms. The molecule has 0 aliphatic heterocycles. The molecule has 1 aromatic heterocycles. The van der Waals surface area contributed by atoms with Gasteiger partial charge in [-0.25, -0.2) is 4.98 Å². The van der Waals surface area contributed by atoms with Crippen LogP contribution in [0.15, 0.2) is 42.5 Å². The first kappa shape index (κ1) is 22.7. The van der Waals surface area contributed by atoms with Crippen molar-refractivity contribution in [1.29, 1.82) is 5.41 Å². The van der Waals surface area contributed by atoms with E-state index < -0.39 is 5.91 Å². The summed E-state index contributed by atoms with van der Waals surface area (Å²) >= 11 is 0. The first-order valence-corrected chi connectivity index (χ1v) is 10.2. The summed E-state index contributed by atoms with van der Waals surface area (Å²) < 4.78 is 0. The van der Waals surface area contributed by atoms with E-state index in [2.05, 4.69) is 15.6 Å². The number of nitrogens with one attached hydrogen (secondary N) is 3. The molecular weight excluding hydrogens is 410 g/mol. The summed E-state index contributed by atoms with van der Waals surface area (Å²) in [6.45, 7) is -0.168. The number of benzene rings is 1. The highest BCUT2D eigenvalue weighted by molar-refractivity contribution is 6.44. The van der Waals surface area contributed by atoms with Crippen LogP contribution in [0.2, 0.25) is 0 Å². The van der Waals surface area contributed by atoms with E-state index in [0.717, 1.165) is 12.8 Å². The van der Waals surface area contributed by atoms with Crippen molar-refractivity contribution in [3.8, 4) is 0 Å². The maximum atomic E-state index is 12.9. The molecule has 1 aromatic carbocycles. The number of aromatic nitrogens is 1. The lowest BCUT2D eigenvalue weighted by Gasteiger charge is -2.23. The molecule has 1 fully saturated rings. The van der Waals surface area contributed by atoms with Crippen molar-refractivity contribution in [2.24, 2.45) is 5.73 Å². The molecule has 1 saturated carbocycles. The molecule has 32 heavy (non-hydrogen) atoms. The van der Waals surface area contributed by atoms with Crippen LogP contribution in [-0.4, -0.2) is 66.5 Å². The molecule has 10 nitrogen and oxygen atoms in total. The van der Waals surface area contributed by atoms with E-state index in [1.54, 1.807) is 41.3 Å². The van der Waals surface area contributed by atoms with Crippen LogP contribution in [0.1, 0.15) is 18.4 Å². The fourth-order valence-corrected chi connectivity index (χ4v) is 3.15. The smallest absolute Gasteiger partial charge is 0.267 e. The Labute approximate surface area is 186 Å². The second kappa shape index (κ2) is 9.90. The van der Waals surface area contributed by atoms with Gasteiger partial charge in [0.1, 0.15) is 23.9 Å². The number of hydrogen-bond donors (Lipinski definition) is 4. The number of anilines is 3. The van der Waals surface area contributed by atoms with Gasteiger partial charge in [0, 0.05) is 31.4 Å². The van der Waals surface area contributed by atoms with Crippen molar-refractivity contribution >= 4 is 40.8 Å². The largest absolute Gasteiger partial charge is 0.376 e. The van der Waals surface area contributed by atoms with Crippen LogP contribution in [0.4, 0.5) is 17.3 Å². The number of amides is 3. The molecule has 5 N–H and O–H groups in total. The van der Waals surface area contributed by atoms with E-state index in [1.807, 2.05) is 25.1 Å².